The monoisotopic (exact) mass is 289 g/mol. The highest BCUT2D eigenvalue weighted by molar-refractivity contribution is 5.86. The van der Waals surface area contributed by atoms with Gasteiger partial charge in [-0.25, -0.2) is 9.45 Å². The van der Waals surface area contributed by atoms with E-state index in [-0.39, 0.29) is 12.2 Å². The number of carbonyl (C=O) groups is 1. The van der Waals surface area contributed by atoms with Crippen LogP contribution in [0.2, 0.25) is 0 Å². The maximum absolute atomic E-state index is 13.6. The van der Waals surface area contributed by atoms with Crippen LogP contribution < -0.4 is 4.74 Å². The number of allylic oxidation sites excluding steroid dienone is 2. The molecular weight excluding hydrogens is 273 g/mol. The fraction of sp³-hybridized carbons (Fsp3) is 0.188. The van der Waals surface area contributed by atoms with Gasteiger partial charge in [0.2, 0.25) is 0 Å². The van der Waals surface area contributed by atoms with E-state index in [0.717, 1.165) is 6.08 Å². The number of hydroxylamine groups is 2. The SMILES string of the molecule is CN(O)C(=O)C=CC1(Oc2ccccc2)C=CC=C(F)C1. The summed E-state index contributed by atoms with van der Waals surface area (Å²) in [4.78, 5) is 11.5. The molecule has 1 aliphatic carbocycles. The Morgan fingerprint density at radius 3 is 2.76 bits per heavy atom. The molecule has 0 saturated heterocycles. The Kier molecular flexibility index (Phi) is 4.55. The molecule has 0 aliphatic heterocycles. The van der Waals surface area contributed by atoms with Crippen molar-refractivity contribution in [3.05, 3.63) is 66.5 Å². The summed E-state index contributed by atoms with van der Waals surface area (Å²) < 4.78 is 19.5. The van der Waals surface area contributed by atoms with Gasteiger partial charge in [-0.3, -0.25) is 10.0 Å². The number of hydrogen-bond acceptors (Lipinski definition) is 3. The Bertz CT molecular complexity index is 593. The van der Waals surface area contributed by atoms with Crippen LogP contribution in [0.4, 0.5) is 4.39 Å². The molecule has 110 valence electrons. The average molecular weight is 289 g/mol. The van der Waals surface area contributed by atoms with Gasteiger partial charge < -0.3 is 4.74 Å². The van der Waals surface area contributed by atoms with Crippen LogP contribution in [0.1, 0.15) is 6.42 Å². The molecule has 0 spiro atoms. The second-order valence-electron chi connectivity index (χ2n) is 4.71. The number of ether oxygens (including phenoxy) is 1. The fourth-order valence-corrected chi connectivity index (χ4v) is 1.94. The van der Waals surface area contributed by atoms with E-state index in [1.165, 1.54) is 19.2 Å². The van der Waals surface area contributed by atoms with Gasteiger partial charge >= 0.3 is 0 Å². The third-order valence-electron chi connectivity index (χ3n) is 2.98. The van der Waals surface area contributed by atoms with Crippen molar-refractivity contribution < 1.29 is 19.1 Å². The lowest BCUT2D eigenvalue weighted by molar-refractivity contribution is -0.153. The molecule has 0 radical (unpaired) electrons. The lowest BCUT2D eigenvalue weighted by Crippen LogP contribution is -2.33. The van der Waals surface area contributed by atoms with E-state index in [1.54, 1.807) is 36.4 Å². The molecule has 1 amide bonds. The van der Waals surface area contributed by atoms with Gasteiger partial charge in [0.05, 0.1) is 0 Å². The molecule has 2 rings (SSSR count). The van der Waals surface area contributed by atoms with Gasteiger partial charge in [-0.2, -0.15) is 0 Å². The molecular formula is C16H16FNO3. The van der Waals surface area contributed by atoms with Crippen LogP contribution in [0, 0.1) is 0 Å². The molecule has 0 heterocycles. The third kappa shape index (κ3) is 4.03. The van der Waals surface area contributed by atoms with Gasteiger partial charge in [0.15, 0.2) is 5.60 Å². The summed E-state index contributed by atoms with van der Waals surface area (Å²) in [7, 11) is 1.22. The highest BCUT2D eigenvalue weighted by Gasteiger charge is 2.30. The zero-order chi connectivity index (χ0) is 15.3. The van der Waals surface area contributed by atoms with Gasteiger partial charge in [0.1, 0.15) is 11.6 Å². The topological polar surface area (TPSA) is 49.8 Å². The van der Waals surface area contributed by atoms with E-state index in [9.17, 15) is 9.18 Å². The van der Waals surface area contributed by atoms with Crippen LogP contribution in [-0.2, 0) is 4.79 Å². The molecule has 1 aromatic rings. The van der Waals surface area contributed by atoms with Gasteiger partial charge in [-0.1, -0.05) is 24.3 Å². The molecule has 0 aromatic heterocycles. The lowest BCUT2D eigenvalue weighted by atomic mass is 9.93. The fourth-order valence-electron chi connectivity index (χ4n) is 1.94. The zero-order valence-corrected chi connectivity index (χ0v) is 11.6. The second kappa shape index (κ2) is 6.37. The first-order valence-corrected chi connectivity index (χ1v) is 6.44. The summed E-state index contributed by atoms with van der Waals surface area (Å²) in [5.74, 6) is -0.399. The minimum atomic E-state index is -1.09. The molecule has 4 nitrogen and oxygen atoms in total. The summed E-state index contributed by atoms with van der Waals surface area (Å²) in [6, 6.07) is 8.95. The summed E-state index contributed by atoms with van der Waals surface area (Å²) in [6.07, 6.45) is 7.14. The lowest BCUT2D eigenvalue weighted by Gasteiger charge is -2.30. The number of amides is 1. The predicted octanol–water partition coefficient (Wildman–Crippen LogP) is 3.02. The van der Waals surface area contributed by atoms with Crippen molar-refractivity contribution in [2.75, 3.05) is 7.05 Å². The van der Waals surface area contributed by atoms with Crippen molar-refractivity contribution in [3.63, 3.8) is 0 Å². The van der Waals surface area contributed by atoms with Crippen LogP contribution in [0.5, 0.6) is 5.75 Å². The largest absolute Gasteiger partial charge is 0.479 e. The minimum Gasteiger partial charge on any atom is -0.479 e. The molecule has 21 heavy (non-hydrogen) atoms. The van der Waals surface area contributed by atoms with Gasteiger partial charge in [-0.15, -0.1) is 0 Å². The Labute approximate surface area is 122 Å². The number of para-hydroxylation sites is 1. The highest BCUT2D eigenvalue weighted by atomic mass is 19.1. The van der Waals surface area contributed by atoms with Crippen LogP contribution >= 0.6 is 0 Å². The summed E-state index contributed by atoms with van der Waals surface area (Å²) in [5, 5.41) is 9.51. The molecule has 0 bridgehead atoms. The van der Waals surface area contributed by atoms with Crippen LogP contribution in [0.15, 0.2) is 66.5 Å². The molecule has 0 saturated carbocycles. The number of nitrogens with zero attached hydrogens (tertiary/aromatic N) is 1. The number of benzene rings is 1. The number of carbonyl (C=O) groups excluding carboxylic acids is 1. The first-order chi connectivity index (χ1) is 10.0. The molecule has 1 aliphatic rings. The maximum Gasteiger partial charge on any atom is 0.269 e. The van der Waals surface area contributed by atoms with Gasteiger partial charge in [-0.05, 0) is 30.4 Å². The van der Waals surface area contributed by atoms with Crippen molar-refractivity contribution in [1.29, 1.82) is 0 Å². The Morgan fingerprint density at radius 1 is 1.43 bits per heavy atom. The second-order valence-corrected chi connectivity index (χ2v) is 4.71. The molecule has 1 unspecified atom stereocenters. The minimum absolute atomic E-state index is 0.0166. The predicted molar refractivity (Wildman–Crippen MR) is 76.4 cm³/mol. The Morgan fingerprint density at radius 2 is 2.14 bits per heavy atom. The smallest absolute Gasteiger partial charge is 0.269 e. The van der Waals surface area contributed by atoms with Gasteiger partial charge in [0, 0.05) is 19.5 Å². The number of rotatable bonds is 4. The van der Waals surface area contributed by atoms with Crippen LogP contribution in [-0.4, -0.2) is 28.8 Å². The molecule has 1 aromatic carbocycles. The van der Waals surface area contributed by atoms with Crippen molar-refractivity contribution in [3.8, 4) is 5.75 Å². The first-order valence-electron chi connectivity index (χ1n) is 6.44. The van der Waals surface area contributed by atoms with E-state index in [2.05, 4.69) is 0 Å². The zero-order valence-electron chi connectivity index (χ0n) is 11.6. The first kappa shape index (κ1) is 15.0. The van der Waals surface area contributed by atoms with Crippen molar-refractivity contribution >= 4 is 5.91 Å². The third-order valence-corrected chi connectivity index (χ3v) is 2.98. The van der Waals surface area contributed by atoms with Crippen LogP contribution in [0.25, 0.3) is 0 Å². The number of likely N-dealkylation sites (N-methyl/N-ethyl adjacent to an activating group) is 1. The molecule has 1 atom stereocenters. The van der Waals surface area contributed by atoms with Gasteiger partial charge in [0.25, 0.3) is 5.91 Å². The average Bonchev–Trinajstić information content (AvgIpc) is 2.46. The summed E-state index contributed by atoms with van der Waals surface area (Å²) in [5.41, 5.74) is -1.09. The maximum atomic E-state index is 13.6. The van der Waals surface area contributed by atoms with Crippen molar-refractivity contribution in [2.45, 2.75) is 12.0 Å². The number of halogens is 1. The highest BCUT2D eigenvalue weighted by Crippen LogP contribution is 2.31. The molecule has 5 heteroatoms. The quantitative estimate of drug-likeness (QED) is 0.526. The van der Waals surface area contributed by atoms with Crippen molar-refractivity contribution in [2.24, 2.45) is 0 Å². The number of hydrogen-bond donors (Lipinski definition) is 1. The van der Waals surface area contributed by atoms with Crippen LogP contribution in [0.3, 0.4) is 0 Å². The summed E-state index contributed by atoms with van der Waals surface area (Å²) >= 11 is 0. The standard InChI is InChI=1S/C16H16FNO3/c1-18(20)15(19)9-11-16(10-5-6-13(17)12-16)21-14-7-3-2-4-8-14/h2-11,20H,12H2,1H3. The van der Waals surface area contributed by atoms with E-state index in [4.69, 9.17) is 9.94 Å². The molecule has 0 fully saturated rings. The van der Waals surface area contributed by atoms with E-state index < -0.39 is 11.5 Å². The summed E-state index contributed by atoms with van der Waals surface area (Å²) in [6.45, 7) is 0. The normalized spacial score (nSPS) is 21.2. The Hall–Kier alpha value is -2.40. The Balaban J connectivity index is 2.26. The van der Waals surface area contributed by atoms with E-state index in [0.29, 0.717) is 10.8 Å². The van der Waals surface area contributed by atoms with Crippen molar-refractivity contribution in [1.82, 2.24) is 5.06 Å². The van der Waals surface area contributed by atoms with E-state index in [1.807, 2.05) is 6.07 Å². The van der Waals surface area contributed by atoms with E-state index >= 15 is 0 Å². The molecule has 1 N–H and O–H groups in total.